The van der Waals surface area contributed by atoms with Gasteiger partial charge in [-0.15, -0.1) is 0 Å². The van der Waals surface area contributed by atoms with Crippen molar-refractivity contribution < 1.29 is 14.6 Å². The van der Waals surface area contributed by atoms with Gasteiger partial charge in [-0.05, 0) is 75.4 Å². The van der Waals surface area contributed by atoms with Gasteiger partial charge in [0.05, 0.1) is 0 Å². The maximum absolute atomic E-state index is 12.0. The van der Waals surface area contributed by atoms with Gasteiger partial charge in [-0.25, -0.2) is 0 Å². The zero-order chi connectivity index (χ0) is 22.0. The van der Waals surface area contributed by atoms with E-state index in [-0.39, 0.29) is 23.2 Å². The lowest BCUT2D eigenvalue weighted by Crippen LogP contribution is -2.68. The topological polar surface area (TPSA) is 73.8 Å². The van der Waals surface area contributed by atoms with Crippen LogP contribution in [0.15, 0.2) is 6.07 Å². The van der Waals surface area contributed by atoms with Crippen LogP contribution in [0.5, 0.6) is 11.5 Å². The van der Waals surface area contributed by atoms with Gasteiger partial charge >= 0.3 is 0 Å². The van der Waals surface area contributed by atoms with E-state index in [4.69, 9.17) is 4.74 Å². The van der Waals surface area contributed by atoms with Crippen LogP contribution in [0.4, 0.5) is 5.69 Å². The van der Waals surface area contributed by atoms with Crippen LogP contribution in [0.2, 0.25) is 0 Å². The summed E-state index contributed by atoms with van der Waals surface area (Å²) in [6.07, 6.45) is 9.55. The molecule has 2 bridgehead atoms. The number of phenolic OH excluding ortho intramolecular Hbond substituents is 1. The van der Waals surface area contributed by atoms with Gasteiger partial charge in [0.2, 0.25) is 5.91 Å². The lowest BCUT2D eigenvalue weighted by atomic mass is 9.51. The molecule has 1 saturated heterocycles. The molecule has 3 fully saturated rings. The quantitative estimate of drug-likeness (QED) is 0.567. The maximum Gasteiger partial charge on any atom is 0.221 e. The number of phenols is 1. The number of likely N-dealkylation sites (tertiary alicyclic amines) is 1. The van der Waals surface area contributed by atoms with E-state index in [1.165, 1.54) is 49.8 Å². The minimum absolute atomic E-state index is 0.0538. The van der Waals surface area contributed by atoms with E-state index in [2.05, 4.69) is 22.5 Å². The molecule has 0 aromatic heterocycles. The summed E-state index contributed by atoms with van der Waals surface area (Å²) in [5.41, 5.74) is 3.17. The van der Waals surface area contributed by atoms with Crippen LogP contribution in [0.3, 0.4) is 0 Å². The standard InChI is InChI=1S/C26H37N3O3/c1-3-4-10-27-19-8-7-18-21-12-17-20(28-15(2)30)13-22(31)24-23(17)26(18,25(19)32-24)9-11-29(21)14-16-5-6-16/h13,16,18-19,21,25,27,31H,3-12,14H2,1-2H3,(H,28,30)/t18-,19+,21+,25-,26-/m0/s1. The molecule has 2 saturated carbocycles. The van der Waals surface area contributed by atoms with Crippen LogP contribution in [-0.4, -0.2) is 53.7 Å². The lowest BCUT2D eigenvalue weighted by Gasteiger charge is -2.60. The third-order valence-corrected chi connectivity index (χ3v) is 9.00. The highest BCUT2D eigenvalue weighted by Crippen LogP contribution is 2.65. The average Bonchev–Trinajstić information content (AvgIpc) is 3.50. The fourth-order valence-corrected chi connectivity index (χ4v) is 7.54. The van der Waals surface area contributed by atoms with Crippen LogP contribution in [0.25, 0.3) is 0 Å². The number of carbonyl (C=O) groups excluding carboxylic acids is 1. The van der Waals surface area contributed by atoms with Gasteiger partial charge in [-0.1, -0.05) is 13.3 Å². The van der Waals surface area contributed by atoms with E-state index in [0.29, 0.717) is 23.8 Å². The molecule has 2 heterocycles. The predicted octanol–water partition coefficient (Wildman–Crippen LogP) is 3.56. The van der Waals surface area contributed by atoms with Gasteiger partial charge in [0, 0.05) is 48.3 Å². The smallest absolute Gasteiger partial charge is 0.221 e. The van der Waals surface area contributed by atoms with Gasteiger partial charge in [-0.2, -0.15) is 0 Å². The minimum Gasteiger partial charge on any atom is -0.504 e. The normalized spacial score (nSPS) is 34.7. The molecule has 5 aliphatic rings. The Balaban J connectivity index is 1.45. The second-order valence-corrected chi connectivity index (χ2v) is 10.9. The number of nitrogens with one attached hydrogen (secondary N) is 2. The molecule has 6 nitrogen and oxygen atoms in total. The van der Waals surface area contributed by atoms with Crippen molar-refractivity contribution in [2.45, 2.75) is 88.8 Å². The van der Waals surface area contributed by atoms with Crippen LogP contribution in [0.1, 0.15) is 69.9 Å². The number of benzene rings is 1. The number of hydrogen-bond acceptors (Lipinski definition) is 5. The Bertz CT molecular complexity index is 929. The molecule has 3 aliphatic carbocycles. The molecule has 3 N–H and O–H groups in total. The fourth-order valence-electron chi connectivity index (χ4n) is 7.54. The van der Waals surface area contributed by atoms with Crippen molar-refractivity contribution in [1.29, 1.82) is 0 Å². The molecule has 0 radical (unpaired) electrons. The van der Waals surface area contributed by atoms with Crippen LogP contribution >= 0.6 is 0 Å². The summed E-state index contributed by atoms with van der Waals surface area (Å²) in [4.78, 5) is 14.8. The first-order chi connectivity index (χ1) is 15.5. The Morgan fingerprint density at radius 3 is 2.91 bits per heavy atom. The number of unbranched alkanes of at least 4 members (excludes halogenated alkanes) is 1. The molecular weight excluding hydrogens is 402 g/mol. The average molecular weight is 440 g/mol. The van der Waals surface area contributed by atoms with Crippen molar-refractivity contribution in [3.05, 3.63) is 17.2 Å². The first-order valence-corrected chi connectivity index (χ1v) is 12.8. The van der Waals surface area contributed by atoms with Crippen molar-refractivity contribution in [3.8, 4) is 11.5 Å². The largest absolute Gasteiger partial charge is 0.504 e. The first-order valence-electron chi connectivity index (χ1n) is 12.8. The van der Waals surface area contributed by atoms with Crippen molar-refractivity contribution >= 4 is 11.6 Å². The molecule has 6 rings (SSSR count). The Labute approximate surface area is 191 Å². The molecule has 1 aromatic carbocycles. The fraction of sp³-hybridized carbons (Fsp3) is 0.731. The van der Waals surface area contributed by atoms with Crippen LogP contribution < -0.4 is 15.4 Å². The summed E-state index contributed by atoms with van der Waals surface area (Å²) in [5, 5.41) is 17.8. The summed E-state index contributed by atoms with van der Waals surface area (Å²) in [5.74, 6) is 2.23. The van der Waals surface area contributed by atoms with Crippen molar-refractivity contribution in [2.24, 2.45) is 11.8 Å². The first kappa shape index (κ1) is 20.8. The maximum atomic E-state index is 12.0. The van der Waals surface area contributed by atoms with Crippen molar-refractivity contribution in [1.82, 2.24) is 10.2 Å². The Hall–Kier alpha value is -1.79. The number of ether oxygens (including phenoxy) is 1. The van der Waals surface area contributed by atoms with Crippen molar-refractivity contribution in [2.75, 3.05) is 25.0 Å². The summed E-state index contributed by atoms with van der Waals surface area (Å²) in [6, 6.07) is 2.54. The van der Waals surface area contributed by atoms with E-state index in [1.54, 1.807) is 13.0 Å². The van der Waals surface area contributed by atoms with Crippen LogP contribution in [-0.2, 0) is 16.6 Å². The number of piperidine rings is 1. The monoisotopic (exact) mass is 439 g/mol. The highest BCUT2D eigenvalue weighted by molar-refractivity contribution is 5.91. The Morgan fingerprint density at radius 2 is 2.16 bits per heavy atom. The van der Waals surface area contributed by atoms with Gasteiger partial charge in [0.25, 0.3) is 0 Å². The number of carbonyl (C=O) groups is 1. The summed E-state index contributed by atoms with van der Waals surface area (Å²) in [6.45, 7) is 7.13. The number of hydrogen-bond donors (Lipinski definition) is 3. The van der Waals surface area contributed by atoms with E-state index in [1.807, 2.05) is 0 Å². The minimum atomic E-state index is -0.0848. The number of amides is 1. The Kier molecular flexibility index (Phi) is 4.95. The number of anilines is 1. The molecule has 0 unspecified atom stereocenters. The second-order valence-electron chi connectivity index (χ2n) is 10.9. The molecule has 1 aromatic rings. The lowest BCUT2D eigenvalue weighted by molar-refractivity contribution is -0.114. The summed E-state index contributed by atoms with van der Waals surface area (Å²) < 4.78 is 6.70. The SMILES string of the molecule is CCCCN[C@@H]1CC[C@H]2[C@H]3Cc4c(NC(C)=O)cc(O)c5c4[C@@]2(CCN3CC2CC2)[C@H]1O5. The molecule has 1 amide bonds. The molecule has 1 spiro atoms. The number of nitrogens with zero attached hydrogens (tertiary/aromatic N) is 1. The number of aromatic hydroxyl groups is 1. The van der Waals surface area contributed by atoms with Crippen LogP contribution in [0, 0.1) is 11.8 Å². The van der Waals surface area contributed by atoms with Gasteiger partial charge < -0.3 is 20.5 Å². The van der Waals surface area contributed by atoms with Crippen molar-refractivity contribution in [3.63, 3.8) is 0 Å². The van der Waals surface area contributed by atoms with E-state index in [0.717, 1.165) is 44.0 Å². The molecule has 6 heteroatoms. The van der Waals surface area contributed by atoms with Gasteiger partial charge in [-0.3, -0.25) is 9.69 Å². The zero-order valence-corrected chi connectivity index (χ0v) is 19.5. The van der Waals surface area contributed by atoms with E-state index < -0.39 is 0 Å². The predicted molar refractivity (Wildman–Crippen MR) is 124 cm³/mol. The highest BCUT2D eigenvalue weighted by atomic mass is 16.5. The van der Waals surface area contributed by atoms with E-state index in [9.17, 15) is 9.90 Å². The summed E-state index contributed by atoms with van der Waals surface area (Å²) >= 11 is 0. The molecule has 5 atom stereocenters. The zero-order valence-electron chi connectivity index (χ0n) is 19.5. The molecule has 174 valence electrons. The van der Waals surface area contributed by atoms with Gasteiger partial charge in [0.15, 0.2) is 11.5 Å². The van der Waals surface area contributed by atoms with E-state index >= 15 is 0 Å². The number of rotatable bonds is 7. The summed E-state index contributed by atoms with van der Waals surface area (Å²) in [7, 11) is 0. The third-order valence-electron chi connectivity index (χ3n) is 9.00. The third kappa shape index (κ3) is 3.02. The molecular formula is C26H37N3O3. The highest BCUT2D eigenvalue weighted by Gasteiger charge is 2.66. The Morgan fingerprint density at radius 1 is 1.31 bits per heavy atom. The molecule has 2 aliphatic heterocycles. The van der Waals surface area contributed by atoms with Gasteiger partial charge in [0.1, 0.15) is 6.10 Å². The second kappa shape index (κ2) is 7.63. The molecule has 32 heavy (non-hydrogen) atoms.